The summed E-state index contributed by atoms with van der Waals surface area (Å²) < 4.78 is 10.9. The van der Waals surface area contributed by atoms with Crippen LogP contribution < -0.4 is 4.74 Å². The summed E-state index contributed by atoms with van der Waals surface area (Å²) in [6.45, 7) is 11.1. The van der Waals surface area contributed by atoms with Crippen molar-refractivity contribution in [1.29, 1.82) is 0 Å². The standard InChI is InChI=1S/C18H30N5O2.2ClH.Mn.3H2/c1-14-9-19-6-7-20-10-16(3)23-17(12-22-15(2)11-21-14)13-25-18-5-4-8-24-18;;;;;;/h4-5,8,14-17H,6-7,9-13H2,1-3H3;2*1H;;3*1H/q-5;;;+2;;;/p-2/t14-,15+,16-,17+;;;;;;/m0....../s1. The molecule has 0 radical (unpaired) electrons. The predicted octanol–water partition coefficient (Wildman–Crippen LogP) is 6.19. The number of furan rings is 1. The second-order valence-corrected chi connectivity index (χ2v) is 8.59. The molecule has 0 spiro atoms. The Bertz CT molecular complexity index is 487. The summed E-state index contributed by atoms with van der Waals surface area (Å²) in [5.74, 6) is 0.516. The molecule has 0 aliphatic carbocycles. The van der Waals surface area contributed by atoms with E-state index in [0.717, 1.165) is 26.2 Å². The van der Waals surface area contributed by atoms with Crippen LogP contribution in [-0.2, 0) is 13.1 Å². The second kappa shape index (κ2) is 16.7. The van der Waals surface area contributed by atoms with Crippen molar-refractivity contribution < 1.29 is 26.6 Å². The Morgan fingerprint density at radius 1 is 1.04 bits per heavy atom. The third-order valence-corrected chi connectivity index (χ3v) is 3.89. The van der Waals surface area contributed by atoms with Crippen LogP contribution in [0, 0.1) is 0 Å². The number of nitrogens with zero attached hydrogens (tertiary/aromatic N) is 5. The number of rotatable bonds is 3. The van der Waals surface area contributed by atoms with Gasteiger partial charge in [0, 0.05) is 10.3 Å². The number of hydrogen-bond acceptors (Lipinski definition) is 2. The van der Waals surface area contributed by atoms with Gasteiger partial charge in [-0.25, -0.2) is 0 Å². The Balaban J connectivity index is -0.00000123. The van der Waals surface area contributed by atoms with Crippen molar-refractivity contribution in [1.82, 2.24) is 0 Å². The van der Waals surface area contributed by atoms with E-state index in [0.29, 0.717) is 25.6 Å². The minimum Gasteiger partial charge on any atom is 0 e. The first-order valence-electron chi connectivity index (χ1n) is 9.38. The van der Waals surface area contributed by atoms with E-state index in [2.05, 4.69) is 36.7 Å². The van der Waals surface area contributed by atoms with Gasteiger partial charge in [0.2, 0.25) is 0 Å². The zero-order valence-electron chi connectivity index (χ0n) is 16.7. The van der Waals surface area contributed by atoms with Crippen LogP contribution in [0.4, 0.5) is 0 Å². The average molecular weight is 480 g/mol. The summed E-state index contributed by atoms with van der Waals surface area (Å²) in [5.41, 5.74) is 0. The van der Waals surface area contributed by atoms with Crippen molar-refractivity contribution in [2.45, 2.75) is 44.9 Å². The van der Waals surface area contributed by atoms with Gasteiger partial charge in [0.1, 0.15) is 0 Å². The Hall–Kier alpha value is -0.0205. The molecular formula is C18H36Cl2MnN5O2-5. The SMILES string of the molecule is C[C@@H]1C[N-][C@@H](C)C[N-]CC[N-]C[C@H](C)[N-][C@@H](COc2ccco2)C[N-]1.[Cl][Mn][Cl].[HH].[HH].[HH]. The van der Waals surface area contributed by atoms with Gasteiger partial charge in [0.05, 0.1) is 12.9 Å². The molecule has 1 aromatic rings. The van der Waals surface area contributed by atoms with Crippen LogP contribution in [0.15, 0.2) is 22.8 Å². The Kier molecular flexibility index (Phi) is 15.6. The maximum absolute atomic E-state index is 5.69. The van der Waals surface area contributed by atoms with Crippen LogP contribution in [0.2, 0.25) is 0 Å². The molecule has 10 heteroatoms. The van der Waals surface area contributed by atoms with Gasteiger partial charge in [0.25, 0.3) is 5.95 Å². The molecule has 0 unspecified atom stereocenters. The summed E-state index contributed by atoms with van der Waals surface area (Å²) in [7, 11) is 9.59. The van der Waals surface area contributed by atoms with Gasteiger partial charge < -0.3 is 35.7 Å². The molecule has 2 rings (SSSR count). The summed E-state index contributed by atoms with van der Waals surface area (Å²) >= 11 is 0.00694. The fourth-order valence-corrected chi connectivity index (χ4v) is 2.52. The van der Waals surface area contributed by atoms with Crippen LogP contribution >= 0.6 is 20.2 Å². The quantitative estimate of drug-likeness (QED) is 0.483. The fraction of sp³-hybridized carbons (Fsp3) is 0.778. The molecule has 0 N–H and O–H groups in total. The average Bonchev–Trinajstić information content (AvgIpc) is 3.18. The maximum Gasteiger partial charge on any atom is 0 e. The fourth-order valence-electron chi connectivity index (χ4n) is 2.52. The first kappa shape index (κ1) is 26.0. The molecule has 4 atom stereocenters. The van der Waals surface area contributed by atoms with Crippen molar-refractivity contribution in [2.24, 2.45) is 0 Å². The van der Waals surface area contributed by atoms with Gasteiger partial charge in [-0.05, 0) is 6.07 Å². The van der Waals surface area contributed by atoms with E-state index in [1.165, 1.54) is 0 Å². The van der Waals surface area contributed by atoms with Gasteiger partial charge in [0.15, 0.2) is 0 Å². The third kappa shape index (κ3) is 13.2. The second-order valence-electron chi connectivity index (χ2n) is 6.64. The predicted molar refractivity (Wildman–Crippen MR) is 120 cm³/mol. The largest absolute Gasteiger partial charge is 0 e. The van der Waals surface area contributed by atoms with Crippen LogP contribution in [-0.4, -0.2) is 70.0 Å². The van der Waals surface area contributed by atoms with Crippen molar-refractivity contribution in [3.63, 3.8) is 0 Å². The maximum atomic E-state index is 5.69. The molecule has 7 nitrogen and oxygen atoms in total. The molecule has 0 bridgehead atoms. The molecule has 0 saturated carbocycles. The van der Waals surface area contributed by atoms with Crippen molar-refractivity contribution >= 4 is 20.2 Å². The molecule has 1 aliphatic rings. The molecule has 171 valence electrons. The minimum absolute atomic E-state index is 0. The van der Waals surface area contributed by atoms with Crippen LogP contribution in [0.1, 0.15) is 25.1 Å². The van der Waals surface area contributed by atoms with Gasteiger partial charge in [-0.15, -0.1) is 6.04 Å². The number of hydrogen-bond donors (Lipinski definition) is 0. The van der Waals surface area contributed by atoms with E-state index in [9.17, 15) is 0 Å². The summed E-state index contributed by atoms with van der Waals surface area (Å²) in [5, 5.41) is 23.2. The summed E-state index contributed by atoms with van der Waals surface area (Å²) in [4.78, 5) is 0. The third-order valence-electron chi connectivity index (χ3n) is 3.89. The van der Waals surface area contributed by atoms with E-state index in [1.54, 1.807) is 12.3 Å². The Morgan fingerprint density at radius 2 is 1.64 bits per heavy atom. The first-order chi connectivity index (χ1) is 13.5. The van der Waals surface area contributed by atoms with Crippen molar-refractivity contribution in [2.75, 3.05) is 45.9 Å². The van der Waals surface area contributed by atoms with Crippen LogP contribution in [0.3, 0.4) is 0 Å². The van der Waals surface area contributed by atoms with Crippen LogP contribution in [0.5, 0.6) is 5.95 Å². The Morgan fingerprint density at radius 3 is 2.29 bits per heavy atom. The molecule has 2 heterocycles. The summed E-state index contributed by atoms with van der Waals surface area (Å²) in [6, 6.07) is 4.16. The van der Waals surface area contributed by atoms with Crippen molar-refractivity contribution in [3.8, 4) is 5.95 Å². The molecule has 1 aromatic heterocycles. The zero-order chi connectivity index (χ0) is 20.6. The molecular weight excluding hydrogens is 444 g/mol. The monoisotopic (exact) mass is 479 g/mol. The van der Waals surface area contributed by atoms with Crippen LogP contribution in [0.25, 0.3) is 26.6 Å². The van der Waals surface area contributed by atoms with Gasteiger partial charge in [-0.2, -0.15) is 57.4 Å². The number of halogens is 2. The van der Waals surface area contributed by atoms with Crippen molar-refractivity contribution in [3.05, 3.63) is 45.0 Å². The van der Waals surface area contributed by atoms with E-state index >= 15 is 0 Å². The molecule has 28 heavy (non-hydrogen) atoms. The van der Waals surface area contributed by atoms with E-state index in [4.69, 9.17) is 40.0 Å². The van der Waals surface area contributed by atoms with E-state index in [1.807, 2.05) is 6.07 Å². The number of ether oxygens (including phenoxy) is 1. The summed E-state index contributed by atoms with van der Waals surface area (Å²) in [6.07, 6.45) is 1.60. The minimum atomic E-state index is -0.00927. The zero-order valence-corrected chi connectivity index (χ0v) is 19.4. The van der Waals surface area contributed by atoms with Gasteiger partial charge >= 0.3 is 33.3 Å². The smallest absolute Gasteiger partial charge is 0 e. The van der Waals surface area contributed by atoms with E-state index in [-0.39, 0.29) is 41.6 Å². The van der Waals surface area contributed by atoms with Gasteiger partial charge in [-0.1, -0.05) is 20.8 Å². The van der Waals surface area contributed by atoms with E-state index < -0.39 is 0 Å². The normalized spacial score (nSPS) is 28.3. The first-order valence-corrected chi connectivity index (χ1v) is 12.6. The molecule has 0 aromatic carbocycles. The van der Waals surface area contributed by atoms with Gasteiger partial charge in [-0.3, -0.25) is 0 Å². The molecule has 1 aliphatic heterocycles. The molecule has 0 amide bonds. The molecule has 1 saturated heterocycles. The molecule has 1 fully saturated rings. The topological polar surface area (TPSA) is 92.9 Å². The Labute approximate surface area is 188 Å².